The van der Waals surface area contributed by atoms with Gasteiger partial charge in [0, 0.05) is 6.42 Å². The fraction of sp³-hybridized carbons (Fsp3) is 0.412. The molecule has 0 bridgehead atoms. The van der Waals surface area contributed by atoms with Gasteiger partial charge in [0.05, 0.1) is 5.39 Å². The number of carbonyl (C=O) groups excluding carboxylic acids is 1. The SMILES string of the molecule is CC(C)C(C(=O)NC(CCC(=O)O)C(=O)O)n1nnc2ccccc2c1=O. The van der Waals surface area contributed by atoms with Gasteiger partial charge in [-0.1, -0.05) is 31.2 Å². The Morgan fingerprint density at radius 1 is 1.19 bits per heavy atom. The molecule has 0 aliphatic rings. The molecule has 0 aliphatic heterocycles. The van der Waals surface area contributed by atoms with Crippen LogP contribution >= 0.6 is 0 Å². The minimum atomic E-state index is -1.39. The quantitative estimate of drug-likeness (QED) is 0.599. The van der Waals surface area contributed by atoms with Crippen molar-refractivity contribution in [2.45, 2.75) is 38.8 Å². The lowest BCUT2D eigenvalue weighted by Gasteiger charge is -2.23. The Morgan fingerprint density at radius 3 is 2.44 bits per heavy atom. The van der Waals surface area contributed by atoms with E-state index in [1.54, 1.807) is 38.1 Å². The largest absolute Gasteiger partial charge is 0.481 e. The maximum absolute atomic E-state index is 12.7. The molecule has 1 amide bonds. The molecule has 2 atom stereocenters. The second kappa shape index (κ2) is 8.39. The van der Waals surface area contributed by atoms with E-state index in [0.29, 0.717) is 5.52 Å². The number of aliphatic carboxylic acids is 2. The Kier molecular flexibility index (Phi) is 6.22. The van der Waals surface area contributed by atoms with Gasteiger partial charge < -0.3 is 15.5 Å². The number of carboxylic acids is 2. The number of carbonyl (C=O) groups is 3. The molecule has 0 saturated heterocycles. The summed E-state index contributed by atoms with van der Waals surface area (Å²) in [7, 11) is 0. The van der Waals surface area contributed by atoms with Crippen LogP contribution in [0.2, 0.25) is 0 Å². The number of hydrogen-bond donors (Lipinski definition) is 3. The molecule has 10 nitrogen and oxygen atoms in total. The van der Waals surface area contributed by atoms with Crippen LogP contribution < -0.4 is 10.9 Å². The predicted octanol–water partition coefficient (Wildman–Crippen LogP) is 0.423. The molecule has 27 heavy (non-hydrogen) atoms. The second-order valence-electron chi connectivity index (χ2n) is 6.38. The van der Waals surface area contributed by atoms with Gasteiger partial charge in [-0.2, -0.15) is 4.68 Å². The monoisotopic (exact) mass is 376 g/mol. The molecule has 144 valence electrons. The molecule has 2 rings (SSSR count). The highest BCUT2D eigenvalue weighted by molar-refractivity contribution is 5.86. The molecule has 1 heterocycles. The van der Waals surface area contributed by atoms with Crippen LogP contribution in [-0.4, -0.2) is 49.1 Å². The highest BCUT2D eigenvalue weighted by atomic mass is 16.4. The molecule has 3 N–H and O–H groups in total. The molecule has 2 aromatic rings. The lowest BCUT2D eigenvalue weighted by molar-refractivity contribution is -0.143. The molecule has 0 aliphatic carbocycles. The Morgan fingerprint density at radius 2 is 1.85 bits per heavy atom. The van der Waals surface area contributed by atoms with Crippen LogP contribution in [0.3, 0.4) is 0 Å². The number of benzene rings is 1. The van der Waals surface area contributed by atoms with Crippen molar-refractivity contribution in [3.63, 3.8) is 0 Å². The zero-order chi connectivity index (χ0) is 20.1. The molecule has 0 fully saturated rings. The zero-order valence-corrected chi connectivity index (χ0v) is 14.8. The van der Waals surface area contributed by atoms with Gasteiger partial charge in [0.25, 0.3) is 5.56 Å². The van der Waals surface area contributed by atoms with Gasteiger partial charge in [-0.25, -0.2) is 4.79 Å². The van der Waals surface area contributed by atoms with Crippen LogP contribution in [-0.2, 0) is 14.4 Å². The molecule has 0 saturated carbocycles. The molecule has 2 unspecified atom stereocenters. The standard InChI is InChI=1S/C17H20N4O6/c1-9(2)14(15(24)18-12(17(26)27)7-8-13(22)23)21-16(25)10-5-3-4-6-11(10)19-20-21/h3-6,9,12,14H,7-8H2,1-2H3,(H,18,24)(H,22,23)(H,26,27). The van der Waals surface area contributed by atoms with Crippen molar-refractivity contribution in [3.8, 4) is 0 Å². The molecule has 0 spiro atoms. The van der Waals surface area contributed by atoms with Crippen LogP contribution in [0.4, 0.5) is 0 Å². The summed E-state index contributed by atoms with van der Waals surface area (Å²) in [6, 6.07) is 4.05. The molecule has 1 aromatic carbocycles. The van der Waals surface area contributed by atoms with Gasteiger partial charge in [0.1, 0.15) is 17.6 Å². The first-order valence-corrected chi connectivity index (χ1v) is 8.31. The highest BCUT2D eigenvalue weighted by Gasteiger charge is 2.31. The number of carboxylic acid groups (broad SMARTS) is 2. The first kappa shape index (κ1) is 20.0. The van der Waals surface area contributed by atoms with Crippen LogP contribution in [0.1, 0.15) is 32.7 Å². The predicted molar refractivity (Wildman–Crippen MR) is 94.1 cm³/mol. The second-order valence-corrected chi connectivity index (χ2v) is 6.38. The number of amides is 1. The zero-order valence-electron chi connectivity index (χ0n) is 14.8. The Labute approximate surface area is 153 Å². The van der Waals surface area contributed by atoms with Crippen LogP contribution in [0.15, 0.2) is 29.1 Å². The Hall–Kier alpha value is -3.30. The van der Waals surface area contributed by atoms with Crippen molar-refractivity contribution < 1.29 is 24.6 Å². The van der Waals surface area contributed by atoms with Crippen molar-refractivity contribution in [3.05, 3.63) is 34.6 Å². The van der Waals surface area contributed by atoms with E-state index in [-0.39, 0.29) is 11.8 Å². The van der Waals surface area contributed by atoms with Gasteiger partial charge in [0.15, 0.2) is 0 Å². The van der Waals surface area contributed by atoms with Crippen LogP contribution in [0.5, 0.6) is 0 Å². The van der Waals surface area contributed by atoms with E-state index in [2.05, 4.69) is 15.6 Å². The van der Waals surface area contributed by atoms with E-state index in [9.17, 15) is 24.3 Å². The Bertz CT molecular complexity index is 923. The van der Waals surface area contributed by atoms with Gasteiger partial charge in [-0.15, -0.1) is 5.10 Å². The molecule has 1 aromatic heterocycles. The summed E-state index contributed by atoms with van der Waals surface area (Å²) < 4.78 is 0.929. The molecular weight excluding hydrogens is 356 g/mol. The lowest BCUT2D eigenvalue weighted by atomic mass is 10.0. The van der Waals surface area contributed by atoms with E-state index in [1.807, 2.05) is 0 Å². The fourth-order valence-corrected chi connectivity index (χ4v) is 2.66. The summed E-state index contributed by atoms with van der Waals surface area (Å²) in [6.07, 6.45) is -0.696. The van der Waals surface area contributed by atoms with Gasteiger partial charge in [-0.05, 0) is 24.5 Å². The maximum Gasteiger partial charge on any atom is 0.326 e. The smallest absolute Gasteiger partial charge is 0.326 e. The number of aromatic nitrogens is 3. The summed E-state index contributed by atoms with van der Waals surface area (Å²) in [5.41, 5.74) is -0.140. The third-order valence-electron chi connectivity index (χ3n) is 4.02. The van der Waals surface area contributed by atoms with Crippen LogP contribution in [0, 0.1) is 5.92 Å². The first-order valence-electron chi connectivity index (χ1n) is 8.31. The summed E-state index contributed by atoms with van der Waals surface area (Å²) in [5, 5.41) is 28.3. The number of rotatable bonds is 8. The number of nitrogens with one attached hydrogen (secondary N) is 1. The summed E-state index contributed by atoms with van der Waals surface area (Å²) in [6.45, 7) is 3.36. The molecule has 10 heteroatoms. The topological polar surface area (TPSA) is 151 Å². The van der Waals surface area contributed by atoms with Crippen molar-refractivity contribution in [2.24, 2.45) is 5.92 Å². The normalized spacial score (nSPS) is 13.3. The van der Waals surface area contributed by atoms with E-state index in [0.717, 1.165) is 4.68 Å². The van der Waals surface area contributed by atoms with Crippen molar-refractivity contribution in [2.75, 3.05) is 0 Å². The van der Waals surface area contributed by atoms with Gasteiger partial charge >= 0.3 is 11.9 Å². The van der Waals surface area contributed by atoms with Crippen molar-refractivity contribution in [1.29, 1.82) is 0 Å². The summed E-state index contributed by atoms with van der Waals surface area (Å²) in [4.78, 5) is 47.4. The third-order valence-corrected chi connectivity index (χ3v) is 4.02. The van der Waals surface area contributed by atoms with E-state index < -0.39 is 47.8 Å². The number of nitrogens with zero attached hydrogens (tertiary/aromatic N) is 3. The average molecular weight is 376 g/mol. The van der Waals surface area contributed by atoms with E-state index >= 15 is 0 Å². The maximum atomic E-state index is 12.7. The minimum Gasteiger partial charge on any atom is -0.481 e. The lowest BCUT2D eigenvalue weighted by Crippen LogP contribution is -2.47. The van der Waals surface area contributed by atoms with Crippen molar-refractivity contribution in [1.82, 2.24) is 20.3 Å². The first-order chi connectivity index (χ1) is 12.7. The number of hydrogen-bond acceptors (Lipinski definition) is 6. The minimum absolute atomic E-state index is 0.278. The third kappa shape index (κ3) is 4.66. The fourth-order valence-electron chi connectivity index (χ4n) is 2.66. The van der Waals surface area contributed by atoms with Gasteiger partial charge in [0.2, 0.25) is 5.91 Å². The molecule has 0 radical (unpaired) electrons. The Balaban J connectivity index is 2.35. The summed E-state index contributed by atoms with van der Waals surface area (Å²) >= 11 is 0. The van der Waals surface area contributed by atoms with Gasteiger partial charge in [-0.3, -0.25) is 14.4 Å². The van der Waals surface area contributed by atoms with E-state index in [4.69, 9.17) is 5.11 Å². The highest BCUT2D eigenvalue weighted by Crippen LogP contribution is 2.17. The van der Waals surface area contributed by atoms with Crippen molar-refractivity contribution >= 4 is 28.7 Å². The van der Waals surface area contributed by atoms with E-state index in [1.165, 1.54) is 0 Å². The molecular formula is C17H20N4O6. The summed E-state index contributed by atoms with van der Waals surface area (Å²) in [5.74, 6) is -3.67. The average Bonchev–Trinajstić information content (AvgIpc) is 2.60. The number of fused-ring (bicyclic) bond motifs is 1. The van der Waals surface area contributed by atoms with Crippen LogP contribution in [0.25, 0.3) is 10.9 Å².